The molecule has 0 N–H and O–H groups in total. The molecular weight excluding hydrogens is 337 g/mol. The van der Waals surface area contributed by atoms with Crippen LogP contribution in [-0.2, 0) is 9.31 Å². The predicted molar refractivity (Wildman–Crippen MR) is 114 cm³/mol. The predicted octanol–water partition coefficient (Wildman–Crippen LogP) is 3.98. The molecule has 27 heavy (non-hydrogen) atoms. The van der Waals surface area contributed by atoms with Gasteiger partial charge in [-0.2, -0.15) is 0 Å². The number of hydrogen-bond acceptors (Lipinski definition) is 4. The Bertz CT molecular complexity index is 575. The van der Waals surface area contributed by atoms with Gasteiger partial charge in [0.05, 0.1) is 11.2 Å². The minimum Gasteiger partial charge on any atom is -0.492 e. The normalized spacial score (nSPS) is 18.7. The van der Waals surface area contributed by atoms with Crippen LogP contribution in [0.2, 0.25) is 0 Å². The number of rotatable bonds is 9. The van der Waals surface area contributed by atoms with E-state index in [0.717, 1.165) is 30.8 Å². The fourth-order valence-electron chi connectivity index (χ4n) is 3.31. The second-order valence-electron chi connectivity index (χ2n) is 9.56. The van der Waals surface area contributed by atoms with E-state index >= 15 is 0 Å². The lowest BCUT2D eigenvalue weighted by Crippen LogP contribution is -2.41. The van der Waals surface area contributed by atoms with Crippen LogP contribution in [0, 0.1) is 11.8 Å². The van der Waals surface area contributed by atoms with Crippen LogP contribution >= 0.6 is 0 Å². The van der Waals surface area contributed by atoms with Gasteiger partial charge < -0.3 is 14.0 Å². The van der Waals surface area contributed by atoms with Gasteiger partial charge in [0, 0.05) is 19.6 Å². The SMILES string of the molecule is CC(C)CN(CCOc1cccc(B2OC(C)(C)C(C)(C)O2)c1)CC(C)C. The van der Waals surface area contributed by atoms with Crippen LogP contribution in [0.25, 0.3) is 0 Å². The van der Waals surface area contributed by atoms with Crippen LogP contribution in [0.3, 0.4) is 0 Å². The number of ether oxygens (including phenoxy) is 1. The van der Waals surface area contributed by atoms with Crippen LogP contribution < -0.4 is 10.2 Å². The van der Waals surface area contributed by atoms with Crippen LogP contribution in [-0.4, -0.2) is 49.5 Å². The van der Waals surface area contributed by atoms with Crippen molar-refractivity contribution >= 4 is 12.6 Å². The molecule has 0 radical (unpaired) electrons. The van der Waals surface area contributed by atoms with E-state index in [2.05, 4.69) is 60.3 Å². The van der Waals surface area contributed by atoms with Gasteiger partial charge in [0.1, 0.15) is 12.4 Å². The smallest absolute Gasteiger partial charge is 0.492 e. The summed E-state index contributed by atoms with van der Waals surface area (Å²) in [6, 6.07) is 8.09. The molecule has 0 unspecified atom stereocenters. The Balaban J connectivity index is 1.94. The molecule has 4 nitrogen and oxygen atoms in total. The number of benzene rings is 1. The first-order chi connectivity index (χ1) is 12.5. The zero-order valence-corrected chi connectivity index (χ0v) is 18.5. The summed E-state index contributed by atoms with van der Waals surface area (Å²) in [6.45, 7) is 21.2. The minimum atomic E-state index is -0.350. The van der Waals surface area contributed by atoms with Crippen LogP contribution in [0.5, 0.6) is 5.75 Å². The third-order valence-corrected chi connectivity index (χ3v) is 5.31. The van der Waals surface area contributed by atoms with Crippen LogP contribution in [0.1, 0.15) is 55.4 Å². The maximum absolute atomic E-state index is 6.15. The summed E-state index contributed by atoms with van der Waals surface area (Å²) in [5, 5.41) is 0. The summed E-state index contributed by atoms with van der Waals surface area (Å²) >= 11 is 0. The summed E-state index contributed by atoms with van der Waals surface area (Å²) in [5.74, 6) is 2.20. The van der Waals surface area contributed by atoms with Gasteiger partial charge in [0.2, 0.25) is 0 Å². The molecule has 0 bridgehead atoms. The molecule has 0 saturated carbocycles. The highest BCUT2D eigenvalue weighted by Gasteiger charge is 2.51. The quantitative estimate of drug-likeness (QED) is 0.611. The molecule has 1 aromatic rings. The van der Waals surface area contributed by atoms with Gasteiger partial charge in [0.25, 0.3) is 0 Å². The number of hydrogen-bond donors (Lipinski definition) is 0. The van der Waals surface area contributed by atoms with Crippen LogP contribution in [0.15, 0.2) is 24.3 Å². The van der Waals surface area contributed by atoms with Crippen molar-refractivity contribution in [2.75, 3.05) is 26.2 Å². The van der Waals surface area contributed by atoms with Crippen molar-refractivity contribution in [3.05, 3.63) is 24.3 Å². The second kappa shape index (κ2) is 8.98. The van der Waals surface area contributed by atoms with Crippen molar-refractivity contribution in [1.29, 1.82) is 0 Å². The average molecular weight is 375 g/mol. The lowest BCUT2D eigenvalue weighted by Gasteiger charge is -2.32. The summed E-state index contributed by atoms with van der Waals surface area (Å²) in [5.41, 5.74) is 0.346. The Morgan fingerprint density at radius 2 is 1.52 bits per heavy atom. The molecule has 0 amide bonds. The molecule has 0 aliphatic carbocycles. The van der Waals surface area contributed by atoms with Gasteiger partial charge >= 0.3 is 7.12 Å². The molecule has 0 aromatic heterocycles. The van der Waals surface area contributed by atoms with Gasteiger partial charge in [-0.3, -0.25) is 4.90 Å². The van der Waals surface area contributed by atoms with Gasteiger partial charge in [-0.25, -0.2) is 0 Å². The monoisotopic (exact) mass is 375 g/mol. The van der Waals surface area contributed by atoms with Crippen molar-refractivity contribution in [2.24, 2.45) is 11.8 Å². The van der Waals surface area contributed by atoms with Crippen molar-refractivity contribution in [3.63, 3.8) is 0 Å². The highest BCUT2D eigenvalue weighted by atomic mass is 16.7. The third kappa shape index (κ3) is 6.23. The summed E-state index contributed by atoms with van der Waals surface area (Å²) in [7, 11) is -0.350. The maximum Gasteiger partial charge on any atom is 0.494 e. The Morgan fingerprint density at radius 3 is 2.04 bits per heavy atom. The van der Waals surface area contributed by atoms with E-state index in [4.69, 9.17) is 14.0 Å². The summed E-state index contributed by atoms with van der Waals surface area (Å²) in [6.07, 6.45) is 0. The van der Waals surface area contributed by atoms with Crippen molar-refractivity contribution in [1.82, 2.24) is 4.90 Å². The molecule has 1 heterocycles. The average Bonchev–Trinajstić information content (AvgIpc) is 2.74. The molecule has 152 valence electrons. The molecular formula is C22H38BNO3. The van der Waals surface area contributed by atoms with E-state index in [1.807, 2.05) is 24.3 Å². The molecule has 1 aromatic carbocycles. The van der Waals surface area contributed by atoms with E-state index in [1.54, 1.807) is 0 Å². The highest BCUT2D eigenvalue weighted by Crippen LogP contribution is 2.36. The Kier molecular flexibility index (Phi) is 7.40. The van der Waals surface area contributed by atoms with E-state index in [0.29, 0.717) is 18.4 Å². The molecule has 5 heteroatoms. The van der Waals surface area contributed by atoms with Gasteiger partial charge in [-0.1, -0.05) is 39.8 Å². The molecule has 1 aliphatic rings. The molecule has 0 atom stereocenters. The van der Waals surface area contributed by atoms with E-state index in [1.165, 1.54) is 0 Å². The lowest BCUT2D eigenvalue weighted by atomic mass is 9.79. The van der Waals surface area contributed by atoms with E-state index < -0.39 is 0 Å². The fourth-order valence-corrected chi connectivity index (χ4v) is 3.31. The zero-order valence-electron chi connectivity index (χ0n) is 18.5. The first kappa shape index (κ1) is 22.3. The molecule has 2 rings (SSSR count). The lowest BCUT2D eigenvalue weighted by molar-refractivity contribution is 0.00578. The molecule has 1 fully saturated rings. The maximum atomic E-state index is 6.15. The van der Waals surface area contributed by atoms with E-state index in [9.17, 15) is 0 Å². The van der Waals surface area contributed by atoms with Gasteiger partial charge in [0.15, 0.2) is 0 Å². The summed E-state index contributed by atoms with van der Waals surface area (Å²) < 4.78 is 18.3. The first-order valence-electron chi connectivity index (χ1n) is 10.3. The topological polar surface area (TPSA) is 30.9 Å². The van der Waals surface area contributed by atoms with Crippen molar-refractivity contribution in [2.45, 2.75) is 66.6 Å². The Morgan fingerprint density at radius 1 is 0.963 bits per heavy atom. The largest absolute Gasteiger partial charge is 0.494 e. The standard InChI is InChI=1S/C22H38BNO3/c1-17(2)15-24(16-18(3)4)12-13-25-20-11-9-10-19(14-20)23-26-21(5,6)22(7,8)27-23/h9-11,14,17-18H,12-13,15-16H2,1-8H3. The number of nitrogens with zero attached hydrogens (tertiary/aromatic N) is 1. The molecule has 1 aliphatic heterocycles. The third-order valence-electron chi connectivity index (χ3n) is 5.31. The van der Waals surface area contributed by atoms with Crippen LogP contribution in [0.4, 0.5) is 0 Å². The fraction of sp³-hybridized carbons (Fsp3) is 0.727. The Labute approximate surface area is 166 Å². The minimum absolute atomic E-state index is 0.331. The molecule has 1 saturated heterocycles. The van der Waals surface area contributed by atoms with E-state index in [-0.39, 0.29) is 18.3 Å². The Hall–Kier alpha value is -1.04. The summed E-state index contributed by atoms with van der Waals surface area (Å²) in [4.78, 5) is 2.49. The van der Waals surface area contributed by atoms with Gasteiger partial charge in [-0.15, -0.1) is 0 Å². The van der Waals surface area contributed by atoms with Crippen molar-refractivity contribution < 1.29 is 14.0 Å². The molecule has 0 spiro atoms. The first-order valence-corrected chi connectivity index (χ1v) is 10.3. The van der Waals surface area contributed by atoms with Crippen molar-refractivity contribution in [3.8, 4) is 5.75 Å². The van der Waals surface area contributed by atoms with Gasteiger partial charge in [-0.05, 0) is 57.1 Å². The highest BCUT2D eigenvalue weighted by molar-refractivity contribution is 6.62. The second-order valence-corrected chi connectivity index (χ2v) is 9.56. The zero-order chi connectivity index (χ0) is 20.2.